The minimum absolute atomic E-state index is 0.125. The zero-order chi connectivity index (χ0) is 22.4. The molecule has 1 atom stereocenters. The Hall–Kier alpha value is -2.78. The number of piperidine rings is 1. The van der Waals surface area contributed by atoms with Gasteiger partial charge in [0.05, 0.1) is 37.3 Å². The number of rotatable bonds is 8. The van der Waals surface area contributed by atoms with Gasteiger partial charge in [-0.05, 0) is 56.2 Å². The number of carbonyl (C=O) groups excluding carboxylic acids is 1. The Morgan fingerprint density at radius 1 is 1.10 bits per heavy atom. The van der Waals surface area contributed by atoms with E-state index in [0.29, 0.717) is 48.9 Å². The van der Waals surface area contributed by atoms with Crippen molar-refractivity contribution < 1.29 is 27.4 Å². The van der Waals surface area contributed by atoms with E-state index >= 15 is 0 Å². The van der Waals surface area contributed by atoms with Gasteiger partial charge in [0.15, 0.2) is 0 Å². The number of carbonyl (C=O) groups is 1. The van der Waals surface area contributed by atoms with Crippen molar-refractivity contribution in [1.29, 1.82) is 0 Å². The molecule has 9 heteroatoms. The van der Waals surface area contributed by atoms with Crippen LogP contribution < -0.4 is 19.5 Å². The van der Waals surface area contributed by atoms with Gasteiger partial charge in [-0.2, -0.15) is 4.31 Å². The summed E-state index contributed by atoms with van der Waals surface area (Å²) >= 11 is 0. The summed E-state index contributed by atoms with van der Waals surface area (Å²) in [6.07, 6.45) is 1.22. The summed E-state index contributed by atoms with van der Waals surface area (Å²) in [6, 6.07) is 11.5. The van der Waals surface area contributed by atoms with Crippen LogP contribution >= 0.6 is 0 Å². The fraction of sp³-hybridized carbons (Fsp3) is 0.409. The smallest absolute Gasteiger partial charge is 0.243 e. The summed E-state index contributed by atoms with van der Waals surface area (Å²) in [5.74, 6) is 1.00. The lowest BCUT2D eigenvalue weighted by Crippen LogP contribution is -2.43. The van der Waals surface area contributed by atoms with Crippen LogP contribution in [0.4, 0.5) is 5.69 Å². The average molecular weight is 449 g/mol. The molecule has 2 aromatic rings. The molecule has 0 spiro atoms. The second kappa shape index (κ2) is 10.0. The number of anilines is 1. The molecule has 2 aromatic carbocycles. The second-order valence-electron chi connectivity index (χ2n) is 7.16. The predicted molar refractivity (Wildman–Crippen MR) is 117 cm³/mol. The van der Waals surface area contributed by atoms with E-state index in [4.69, 9.17) is 14.2 Å². The van der Waals surface area contributed by atoms with Crippen molar-refractivity contribution in [3.63, 3.8) is 0 Å². The summed E-state index contributed by atoms with van der Waals surface area (Å²) in [5.41, 5.74) is 0.514. The number of amides is 1. The molecule has 0 saturated carbocycles. The molecule has 3 rings (SSSR count). The number of hydrogen-bond donors (Lipinski definition) is 1. The first-order valence-corrected chi connectivity index (χ1v) is 11.6. The molecule has 1 aliphatic heterocycles. The molecule has 0 bridgehead atoms. The second-order valence-corrected chi connectivity index (χ2v) is 9.10. The van der Waals surface area contributed by atoms with E-state index in [1.165, 1.54) is 23.5 Å². The number of methoxy groups -OCH3 is 2. The van der Waals surface area contributed by atoms with Gasteiger partial charge in [-0.1, -0.05) is 0 Å². The zero-order valence-electron chi connectivity index (χ0n) is 18.0. The minimum atomic E-state index is -3.70. The topological polar surface area (TPSA) is 94.2 Å². The molecular formula is C22H28N2O6S. The number of hydrogen-bond acceptors (Lipinski definition) is 6. The van der Waals surface area contributed by atoms with Crippen molar-refractivity contribution in [2.24, 2.45) is 5.92 Å². The number of sulfonamides is 1. The van der Waals surface area contributed by atoms with Gasteiger partial charge in [-0.15, -0.1) is 0 Å². The normalized spacial score (nSPS) is 17.1. The molecule has 0 aromatic heterocycles. The molecule has 0 radical (unpaired) electrons. The third-order valence-electron chi connectivity index (χ3n) is 5.19. The molecule has 0 unspecified atom stereocenters. The SMILES string of the molecule is CCOc1ccc(S(=O)(=O)N2CCC[C@@H](C(=O)Nc3ccc(OC)cc3OC)C2)cc1. The van der Waals surface area contributed by atoms with Crippen molar-refractivity contribution >= 4 is 21.6 Å². The Kier molecular flexibility index (Phi) is 7.40. The van der Waals surface area contributed by atoms with Gasteiger partial charge >= 0.3 is 0 Å². The van der Waals surface area contributed by atoms with Crippen LogP contribution in [0.5, 0.6) is 17.2 Å². The summed E-state index contributed by atoms with van der Waals surface area (Å²) in [7, 11) is -0.638. The molecule has 1 fully saturated rings. The van der Waals surface area contributed by atoms with E-state index in [2.05, 4.69) is 5.32 Å². The minimum Gasteiger partial charge on any atom is -0.497 e. The Morgan fingerprint density at radius 3 is 2.45 bits per heavy atom. The van der Waals surface area contributed by atoms with E-state index in [0.717, 1.165) is 0 Å². The molecule has 1 saturated heterocycles. The summed E-state index contributed by atoms with van der Waals surface area (Å²) in [4.78, 5) is 13.1. The molecule has 1 amide bonds. The van der Waals surface area contributed by atoms with Crippen LogP contribution in [0.25, 0.3) is 0 Å². The van der Waals surface area contributed by atoms with Crippen molar-refractivity contribution in [3.8, 4) is 17.2 Å². The highest BCUT2D eigenvalue weighted by Crippen LogP contribution is 2.31. The number of nitrogens with one attached hydrogen (secondary N) is 1. The average Bonchev–Trinajstić information content (AvgIpc) is 2.80. The van der Waals surface area contributed by atoms with Crippen LogP contribution in [0.1, 0.15) is 19.8 Å². The van der Waals surface area contributed by atoms with Crippen LogP contribution in [-0.2, 0) is 14.8 Å². The molecule has 168 valence electrons. The first kappa shape index (κ1) is 22.9. The van der Waals surface area contributed by atoms with E-state index in [9.17, 15) is 13.2 Å². The quantitative estimate of drug-likeness (QED) is 0.667. The third-order valence-corrected chi connectivity index (χ3v) is 7.07. The monoisotopic (exact) mass is 448 g/mol. The van der Waals surface area contributed by atoms with Gasteiger partial charge in [0, 0.05) is 19.2 Å². The maximum absolute atomic E-state index is 13.1. The van der Waals surface area contributed by atoms with Crippen LogP contribution in [0.2, 0.25) is 0 Å². The number of nitrogens with zero attached hydrogens (tertiary/aromatic N) is 1. The summed E-state index contributed by atoms with van der Waals surface area (Å²) < 4.78 is 43.4. The Labute approximate surface area is 183 Å². The maximum Gasteiger partial charge on any atom is 0.243 e. The van der Waals surface area contributed by atoms with Crippen LogP contribution in [0.15, 0.2) is 47.4 Å². The van der Waals surface area contributed by atoms with Crippen molar-refractivity contribution in [2.45, 2.75) is 24.7 Å². The first-order valence-electron chi connectivity index (χ1n) is 10.1. The van der Waals surface area contributed by atoms with Crippen molar-refractivity contribution in [1.82, 2.24) is 4.31 Å². The summed E-state index contributed by atoms with van der Waals surface area (Å²) in [5, 5.41) is 2.86. The summed E-state index contributed by atoms with van der Waals surface area (Å²) in [6.45, 7) is 2.88. The van der Waals surface area contributed by atoms with E-state index in [1.54, 1.807) is 37.4 Å². The number of benzene rings is 2. The first-order chi connectivity index (χ1) is 14.9. The highest BCUT2D eigenvalue weighted by Gasteiger charge is 2.33. The van der Waals surface area contributed by atoms with Crippen LogP contribution in [0, 0.1) is 5.92 Å². The van der Waals surface area contributed by atoms with Gasteiger partial charge in [-0.3, -0.25) is 4.79 Å². The standard InChI is InChI=1S/C22H28N2O6S/c1-4-30-17-7-10-19(11-8-17)31(26,27)24-13-5-6-16(15-24)22(25)23-20-12-9-18(28-2)14-21(20)29-3/h7-12,14,16H,4-6,13,15H2,1-3H3,(H,23,25)/t16-/m1/s1. The lowest BCUT2D eigenvalue weighted by atomic mass is 9.98. The van der Waals surface area contributed by atoms with Gasteiger partial charge in [0.1, 0.15) is 17.2 Å². The Balaban J connectivity index is 1.71. The number of ether oxygens (including phenoxy) is 3. The van der Waals surface area contributed by atoms with E-state index in [-0.39, 0.29) is 17.3 Å². The van der Waals surface area contributed by atoms with Crippen LogP contribution in [0.3, 0.4) is 0 Å². The largest absolute Gasteiger partial charge is 0.497 e. The molecule has 0 aliphatic carbocycles. The Bertz CT molecular complexity index is 1010. The predicted octanol–water partition coefficient (Wildman–Crippen LogP) is 3.14. The molecule has 8 nitrogen and oxygen atoms in total. The van der Waals surface area contributed by atoms with Gasteiger partial charge in [0.2, 0.25) is 15.9 Å². The fourth-order valence-electron chi connectivity index (χ4n) is 3.53. The lowest BCUT2D eigenvalue weighted by molar-refractivity contribution is -0.120. The zero-order valence-corrected chi connectivity index (χ0v) is 18.8. The highest BCUT2D eigenvalue weighted by atomic mass is 32.2. The van der Waals surface area contributed by atoms with Gasteiger partial charge in [0.25, 0.3) is 0 Å². The van der Waals surface area contributed by atoms with Crippen molar-refractivity contribution in [2.75, 3.05) is 39.2 Å². The van der Waals surface area contributed by atoms with E-state index in [1.807, 2.05) is 6.92 Å². The van der Waals surface area contributed by atoms with Gasteiger partial charge < -0.3 is 19.5 Å². The molecular weight excluding hydrogens is 420 g/mol. The maximum atomic E-state index is 13.1. The van der Waals surface area contributed by atoms with Crippen LogP contribution in [-0.4, -0.2) is 52.5 Å². The lowest BCUT2D eigenvalue weighted by Gasteiger charge is -2.31. The molecule has 31 heavy (non-hydrogen) atoms. The molecule has 1 N–H and O–H groups in total. The molecule has 1 heterocycles. The third kappa shape index (κ3) is 5.29. The highest BCUT2D eigenvalue weighted by molar-refractivity contribution is 7.89. The van der Waals surface area contributed by atoms with Crippen molar-refractivity contribution in [3.05, 3.63) is 42.5 Å². The van der Waals surface area contributed by atoms with E-state index < -0.39 is 15.9 Å². The van der Waals surface area contributed by atoms with Gasteiger partial charge in [-0.25, -0.2) is 8.42 Å². The Morgan fingerprint density at radius 2 is 1.81 bits per heavy atom. The molecule has 1 aliphatic rings. The fourth-order valence-corrected chi connectivity index (χ4v) is 5.06.